The fourth-order valence-electron chi connectivity index (χ4n) is 1.83. The van der Waals surface area contributed by atoms with Crippen molar-refractivity contribution in [3.8, 4) is 5.75 Å². The number of benzene rings is 1. The van der Waals surface area contributed by atoms with E-state index in [2.05, 4.69) is 26.1 Å². The van der Waals surface area contributed by atoms with E-state index in [4.69, 9.17) is 9.15 Å². The largest absolute Gasteiger partial charge is 0.485 e. The molecular formula is C17H23NO2. The molecule has 20 heavy (non-hydrogen) atoms. The summed E-state index contributed by atoms with van der Waals surface area (Å²) in [5.41, 5.74) is 2.38. The van der Waals surface area contributed by atoms with Crippen LogP contribution in [0.25, 0.3) is 0 Å². The van der Waals surface area contributed by atoms with Crippen molar-refractivity contribution >= 4 is 0 Å². The summed E-state index contributed by atoms with van der Waals surface area (Å²) in [5, 5.41) is 3.43. The molecule has 0 saturated carbocycles. The van der Waals surface area contributed by atoms with Gasteiger partial charge in [0.05, 0.1) is 6.26 Å². The van der Waals surface area contributed by atoms with Crippen LogP contribution < -0.4 is 10.1 Å². The number of aryl methyl sites for hydroxylation is 1. The molecule has 2 aromatic rings. The Kier molecular flexibility index (Phi) is 4.50. The molecule has 0 bridgehead atoms. The van der Waals surface area contributed by atoms with Gasteiger partial charge in [0.25, 0.3) is 0 Å². The first kappa shape index (κ1) is 14.7. The number of rotatable bonds is 5. The zero-order valence-corrected chi connectivity index (χ0v) is 12.7. The van der Waals surface area contributed by atoms with E-state index in [0.717, 1.165) is 29.2 Å². The third kappa shape index (κ3) is 4.42. The number of ether oxygens (including phenoxy) is 1. The molecule has 0 aliphatic heterocycles. The lowest BCUT2D eigenvalue weighted by molar-refractivity contribution is 0.268. The van der Waals surface area contributed by atoms with Gasteiger partial charge in [0.1, 0.15) is 18.1 Å². The van der Waals surface area contributed by atoms with Gasteiger partial charge in [0.15, 0.2) is 0 Å². The summed E-state index contributed by atoms with van der Waals surface area (Å²) in [5.74, 6) is 1.75. The van der Waals surface area contributed by atoms with Gasteiger partial charge in [-0.05, 0) is 45.4 Å². The molecule has 1 N–H and O–H groups in total. The first-order chi connectivity index (χ1) is 9.44. The van der Waals surface area contributed by atoms with E-state index in [1.54, 1.807) is 6.26 Å². The highest BCUT2D eigenvalue weighted by Crippen LogP contribution is 2.18. The Balaban J connectivity index is 1.89. The molecule has 0 radical (unpaired) electrons. The highest BCUT2D eigenvalue weighted by Gasteiger charge is 2.10. The summed E-state index contributed by atoms with van der Waals surface area (Å²) in [7, 11) is 0. The maximum Gasteiger partial charge on any atom is 0.146 e. The molecule has 0 spiro atoms. The molecule has 3 nitrogen and oxygen atoms in total. The number of hydrogen-bond acceptors (Lipinski definition) is 3. The maximum absolute atomic E-state index is 5.77. The number of furan rings is 1. The monoisotopic (exact) mass is 273 g/mol. The molecule has 0 aliphatic carbocycles. The Hall–Kier alpha value is -1.74. The molecule has 1 aromatic heterocycles. The second kappa shape index (κ2) is 6.14. The topological polar surface area (TPSA) is 34.4 Å². The standard InChI is InChI=1S/C17H23NO2/c1-13-7-5-6-8-16(13)20-12-15-9-14(11-19-15)10-18-17(2,3)4/h5-9,11,18H,10,12H2,1-4H3. The van der Waals surface area contributed by atoms with Crippen LogP contribution in [0.4, 0.5) is 0 Å². The van der Waals surface area contributed by atoms with Crippen LogP contribution in [-0.4, -0.2) is 5.54 Å². The quantitative estimate of drug-likeness (QED) is 0.892. The van der Waals surface area contributed by atoms with Crippen LogP contribution in [0.3, 0.4) is 0 Å². The third-order valence-corrected chi connectivity index (χ3v) is 2.99. The van der Waals surface area contributed by atoms with E-state index < -0.39 is 0 Å². The second-order valence-corrected chi connectivity index (χ2v) is 6.08. The minimum absolute atomic E-state index is 0.106. The van der Waals surface area contributed by atoms with Crippen LogP contribution in [0.15, 0.2) is 41.0 Å². The van der Waals surface area contributed by atoms with Crippen LogP contribution in [0.2, 0.25) is 0 Å². The average Bonchev–Trinajstić information content (AvgIpc) is 2.83. The highest BCUT2D eigenvalue weighted by atomic mass is 16.5. The molecule has 2 rings (SSSR count). The molecule has 3 heteroatoms. The summed E-state index contributed by atoms with van der Waals surface area (Å²) in [6.45, 7) is 9.74. The molecule has 108 valence electrons. The summed E-state index contributed by atoms with van der Waals surface area (Å²) in [4.78, 5) is 0. The molecule has 0 atom stereocenters. The first-order valence-electron chi connectivity index (χ1n) is 6.94. The van der Waals surface area contributed by atoms with E-state index in [1.165, 1.54) is 0 Å². The van der Waals surface area contributed by atoms with Crippen molar-refractivity contribution in [3.05, 3.63) is 53.5 Å². The van der Waals surface area contributed by atoms with Gasteiger partial charge in [-0.2, -0.15) is 0 Å². The van der Waals surface area contributed by atoms with Crippen LogP contribution in [0, 0.1) is 6.92 Å². The minimum atomic E-state index is 0.106. The van der Waals surface area contributed by atoms with Gasteiger partial charge >= 0.3 is 0 Å². The predicted molar refractivity (Wildman–Crippen MR) is 80.8 cm³/mol. The Labute approximate surface area is 121 Å². The smallest absolute Gasteiger partial charge is 0.146 e. The number of hydrogen-bond donors (Lipinski definition) is 1. The SMILES string of the molecule is Cc1ccccc1OCc1cc(CNC(C)(C)C)co1. The van der Waals surface area contributed by atoms with Gasteiger partial charge < -0.3 is 14.5 Å². The van der Waals surface area contributed by atoms with Crippen LogP contribution in [0.5, 0.6) is 5.75 Å². The van der Waals surface area contributed by atoms with Crippen molar-refractivity contribution in [2.24, 2.45) is 0 Å². The molecule has 0 aliphatic rings. The van der Waals surface area contributed by atoms with Crippen molar-refractivity contribution in [1.29, 1.82) is 0 Å². The lowest BCUT2D eigenvalue weighted by atomic mass is 10.1. The Bertz CT molecular complexity index is 552. The fourth-order valence-corrected chi connectivity index (χ4v) is 1.83. The summed E-state index contributed by atoms with van der Waals surface area (Å²) in [6, 6.07) is 10.0. The van der Waals surface area contributed by atoms with Crippen LogP contribution in [0.1, 0.15) is 37.7 Å². The van der Waals surface area contributed by atoms with E-state index in [0.29, 0.717) is 6.61 Å². The maximum atomic E-state index is 5.77. The molecule has 1 heterocycles. The normalized spacial score (nSPS) is 11.6. The molecule has 0 saturated heterocycles. The third-order valence-electron chi connectivity index (χ3n) is 2.99. The van der Waals surface area contributed by atoms with Crippen molar-refractivity contribution in [3.63, 3.8) is 0 Å². The van der Waals surface area contributed by atoms with Crippen molar-refractivity contribution in [1.82, 2.24) is 5.32 Å². The molecule has 0 fully saturated rings. The lowest BCUT2D eigenvalue weighted by Gasteiger charge is -2.19. The summed E-state index contributed by atoms with van der Waals surface area (Å²) >= 11 is 0. The van der Waals surface area contributed by atoms with Crippen molar-refractivity contribution in [2.45, 2.75) is 46.4 Å². The molecule has 0 amide bonds. The Morgan fingerprint density at radius 3 is 2.65 bits per heavy atom. The lowest BCUT2D eigenvalue weighted by Crippen LogP contribution is -2.34. The van der Waals surface area contributed by atoms with E-state index in [9.17, 15) is 0 Å². The number of nitrogens with one attached hydrogen (secondary N) is 1. The van der Waals surface area contributed by atoms with Gasteiger partial charge in [0, 0.05) is 17.6 Å². The first-order valence-corrected chi connectivity index (χ1v) is 6.94. The van der Waals surface area contributed by atoms with Crippen LogP contribution in [-0.2, 0) is 13.2 Å². The fraction of sp³-hybridized carbons (Fsp3) is 0.412. The zero-order valence-electron chi connectivity index (χ0n) is 12.7. The second-order valence-electron chi connectivity index (χ2n) is 6.08. The van der Waals surface area contributed by atoms with Gasteiger partial charge in [-0.3, -0.25) is 0 Å². The van der Waals surface area contributed by atoms with Crippen molar-refractivity contribution in [2.75, 3.05) is 0 Å². The minimum Gasteiger partial charge on any atom is -0.485 e. The predicted octanol–water partition coefficient (Wildman–Crippen LogP) is 4.06. The van der Waals surface area contributed by atoms with Gasteiger partial charge in [-0.1, -0.05) is 18.2 Å². The van der Waals surface area contributed by atoms with Gasteiger partial charge in [0.2, 0.25) is 0 Å². The molecule has 0 unspecified atom stereocenters. The highest BCUT2D eigenvalue weighted by molar-refractivity contribution is 5.31. The Morgan fingerprint density at radius 2 is 1.95 bits per heavy atom. The zero-order chi connectivity index (χ0) is 14.6. The summed E-state index contributed by atoms with van der Waals surface area (Å²) in [6.07, 6.45) is 1.79. The van der Waals surface area contributed by atoms with Gasteiger partial charge in [-0.25, -0.2) is 0 Å². The summed E-state index contributed by atoms with van der Waals surface area (Å²) < 4.78 is 11.3. The van der Waals surface area contributed by atoms with E-state index in [1.807, 2.05) is 37.3 Å². The van der Waals surface area contributed by atoms with E-state index >= 15 is 0 Å². The van der Waals surface area contributed by atoms with Crippen molar-refractivity contribution < 1.29 is 9.15 Å². The van der Waals surface area contributed by atoms with Crippen LogP contribution >= 0.6 is 0 Å². The number of para-hydroxylation sites is 1. The van der Waals surface area contributed by atoms with Gasteiger partial charge in [-0.15, -0.1) is 0 Å². The molecule has 1 aromatic carbocycles. The average molecular weight is 273 g/mol. The van der Waals surface area contributed by atoms with E-state index in [-0.39, 0.29) is 5.54 Å². The Morgan fingerprint density at radius 1 is 1.20 bits per heavy atom. The molecular weight excluding hydrogens is 250 g/mol.